The molecule has 1 rings (SSSR count). The number of rotatable bonds is 3. The highest BCUT2D eigenvalue weighted by Crippen LogP contribution is 2.17. The molecule has 1 N–H and O–H groups in total. The van der Waals surface area contributed by atoms with Gasteiger partial charge in [-0.25, -0.2) is 0 Å². The minimum atomic E-state index is -0.0658. The summed E-state index contributed by atoms with van der Waals surface area (Å²) in [4.78, 5) is 0. The average Bonchev–Trinajstić information content (AvgIpc) is 2.06. The van der Waals surface area contributed by atoms with Crippen LogP contribution in [0.2, 0.25) is 0 Å². The second-order valence-corrected chi connectivity index (χ2v) is 3.86. The Labute approximate surface area is 74.4 Å². The number of morpholine rings is 1. The maximum atomic E-state index is 5.57. The van der Waals surface area contributed by atoms with Crippen LogP contribution in [-0.2, 0) is 9.47 Å². The molecule has 3 heteroatoms. The van der Waals surface area contributed by atoms with Crippen LogP contribution in [0.4, 0.5) is 0 Å². The molecule has 0 spiro atoms. The SMILES string of the molecule is COC(C)(C)CC1CNCCO1. The van der Waals surface area contributed by atoms with E-state index in [1.807, 2.05) is 0 Å². The highest BCUT2D eigenvalue weighted by molar-refractivity contribution is 4.77. The van der Waals surface area contributed by atoms with Crippen LogP contribution in [0.25, 0.3) is 0 Å². The van der Waals surface area contributed by atoms with E-state index in [0.717, 1.165) is 26.1 Å². The number of ether oxygens (including phenoxy) is 2. The average molecular weight is 173 g/mol. The topological polar surface area (TPSA) is 30.5 Å². The van der Waals surface area contributed by atoms with Crippen molar-refractivity contribution in [3.8, 4) is 0 Å². The lowest BCUT2D eigenvalue weighted by Gasteiger charge is -2.31. The Bertz CT molecular complexity index is 130. The van der Waals surface area contributed by atoms with Gasteiger partial charge in [0.1, 0.15) is 0 Å². The molecule has 0 aromatic rings. The van der Waals surface area contributed by atoms with Gasteiger partial charge in [-0.2, -0.15) is 0 Å². The van der Waals surface area contributed by atoms with Crippen molar-refractivity contribution in [2.24, 2.45) is 0 Å². The lowest BCUT2D eigenvalue weighted by molar-refractivity contribution is -0.0530. The van der Waals surface area contributed by atoms with E-state index < -0.39 is 0 Å². The molecule has 0 aliphatic carbocycles. The molecule has 0 saturated carbocycles. The van der Waals surface area contributed by atoms with Crippen molar-refractivity contribution in [3.05, 3.63) is 0 Å². The molecule has 1 atom stereocenters. The van der Waals surface area contributed by atoms with Gasteiger partial charge in [0.25, 0.3) is 0 Å². The summed E-state index contributed by atoms with van der Waals surface area (Å²) in [6.07, 6.45) is 1.27. The van der Waals surface area contributed by atoms with E-state index in [0.29, 0.717) is 6.10 Å². The van der Waals surface area contributed by atoms with Crippen LogP contribution in [-0.4, -0.2) is 38.5 Å². The Kier molecular flexibility index (Phi) is 3.50. The van der Waals surface area contributed by atoms with E-state index in [9.17, 15) is 0 Å². The van der Waals surface area contributed by atoms with Gasteiger partial charge < -0.3 is 14.8 Å². The van der Waals surface area contributed by atoms with E-state index in [-0.39, 0.29) is 5.60 Å². The molecule has 12 heavy (non-hydrogen) atoms. The largest absolute Gasteiger partial charge is 0.379 e. The van der Waals surface area contributed by atoms with E-state index in [1.165, 1.54) is 0 Å². The lowest BCUT2D eigenvalue weighted by Crippen LogP contribution is -2.42. The van der Waals surface area contributed by atoms with Crippen LogP contribution in [0.5, 0.6) is 0 Å². The van der Waals surface area contributed by atoms with Crippen molar-refractivity contribution in [3.63, 3.8) is 0 Å². The molecule has 1 saturated heterocycles. The maximum absolute atomic E-state index is 5.57. The fourth-order valence-corrected chi connectivity index (χ4v) is 1.38. The molecular formula is C9H19NO2. The van der Waals surface area contributed by atoms with E-state index in [1.54, 1.807) is 7.11 Å². The number of hydrogen-bond acceptors (Lipinski definition) is 3. The molecule has 1 heterocycles. The summed E-state index contributed by atoms with van der Waals surface area (Å²) in [6, 6.07) is 0. The number of hydrogen-bond donors (Lipinski definition) is 1. The summed E-state index contributed by atoms with van der Waals surface area (Å²) in [5, 5.41) is 3.30. The smallest absolute Gasteiger partial charge is 0.0727 e. The number of nitrogens with one attached hydrogen (secondary N) is 1. The Morgan fingerprint density at radius 2 is 2.33 bits per heavy atom. The molecule has 3 nitrogen and oxygen atoms in total. The molecule has 1 aliphatic rings. The van der Waals surface area contributed by atoms with Gasteiger partial charge in [-0.1, -0.05) is 0 Å². The van der Waals surface area contributed by atoms with Gasteiger partial charge in [0.15, 0.2) is 0 Å². The Morgan fingerprint density at radius 1 is 1.58 bits per heavy atom. The minimum absolute atomic E-state index is 0.0658. The van der Waals surface area contributed by atoms with E-state index in [4.69, 9.17) is 9.47 Å². The van der Waals surface area contributed by atoms with Crippen LogP contribution in [0.1, 0.15) is 20.3 Å². The zero-order valence-corrected chi connectivity index (χ0v) is 8.22. The molecule has 0 amide bonds. The van der Waals surface area contributed by atoms with Gasteiger partial charge in [-0.15, -0.1) is 0 Å². The Hall–Kier alpha value is -0.120. The molecule has 0 aromatic heterocycles. The van der Waals surface area contributed by atoms with Crippen LogP contribution in [0, 0.1) is 0 Å². The second-order valence-electron chi connectivity index (χ2n) is 3.86. The minimum Gasteiger partial charge on any atom is -0.379 e. The van der Waals surface area contributed by atoms with Gasteiger partial charge in [-0.05, 0) is 13.8 Å². The van der Waals surface area contributed by atoms with Gasteiger partial charge in [0.05, 0.1) is 18.3 Å². The highest BCUT2D eigenvalue weighted by atomic mass is 16.5. The van der Waals surface area contributed by atoms with Crippen molar-refractivity contribution in [1.29, 1.82) is 0 Å². The van der Waals surface area contributed by atoms with Gasteiger partial charge in [-0.3, -0.25) is 0 Å². The quantitative estimate of drug-likeness (QED) is 0.684. The summed E-state index contributed by atoms with van der Waals surface area (Å²) in [6.45, 7) is 6.93. The van der Waals surface area contributed by atoms with Crippen LogP contribution >= 0.6 is 0 Å². The van der Waals surface area contributed by atoms with Crippen LogP contribution in [0.15, 0.2) is 0 Å². The third-order valence-electron chi connectivity index (χ3n) is 2.28. The summed E-state index contributed by atoms with van der Waals surface area (Å²) in [5.74, 6) is 0. The lowest BCUT2D eigenvalue weighted by atomic mass is 10.00. The molecule has 1 aliphatic heterocycles. The summed E-state index contributed by atoms with van der Waals surface area (Å²) < 4.78 is 10.9. The van der Waals surface area contributed by atoms with Crippen molar-refractivity contribution in [2.75, 3.05) is 26.8 Å². The third kappa shape index (κ3) is 3.09. The molecule has 1 unspecified atom stereocenters. The predicted octanol–water partition coefficient (Wildman–Crippen LogP) is 0.790. The molecule has 0 bridgehead atoms. The van der Waals surface area contributed by atoms with Crippen LogP contribution in [0.3, 0.4) is 0 Å². The van der Waals surface area contributed by atoms with Crippen molar-refractivity contribution < 1.29 is 9.47 Å². The van der Waals surface area contributed by atoms with E-state index in [2.05, 4.69) is 19.2 Å². The van der Waals surface area contributed by atoms with Crippen molar-refractivity contribution in [2.45, 2.75) is 32.0 Å². The molecule has 0 aromatic carbocycles. The zero-order chi connectivity index (χ0) is 9.03. The van der Waals surface area contributed by atoms with Gasteiger partial charge >= 0.3 is 0 Å². The molecule has 72 valence electrons. The normalized spacial score (nSPS) is 25.8. The first kappa shape index (κ1) is 9.96. The maximum Gasteiger partial charge on any atom is 0.0727 e. The zero-order valence-electron chi connectivity index (χ0n) is 8.22. The highest BCUT2D eigenvalue weighted by Gasteiger charge is 2.24. The fraction of sp³-hybridized carbons (Fsp3) is 1.00. The molecule has 1 fully saturated rings. The fourth-order valence-electron chi connectivity index (χ4n) is 1.38. The third-order valence-corrected chi connectivity index (χ3v) is 2.28. The first-order chi connectivity index (χ1) is 5.64. The Balaban J connectivity index is 2.28. The summed E-state index contributed by atoms with van der Waals surface area (Å²) >= 11 is 0. The second kappa shape index (κ2) is 4.21. The van der Waals surface area contributed by atoms with Crippen molar-refractivity contribution >= 4 is 0 Å². The van der Waals surface area contributed by atoms with Gasteiger partial charge in [0.2, 0.25) is 0 Å². The predicted molar refractivity (Wildman–Crippen MR) is 48.3 cm³/mol. The van der Waals surface area contributed by atoms with Crippen molar-refractivity contribution in [1.82, 2.24) is 5.32 Å². The number of methoxy groups -OCH3 is 1. The Morgan fingerprint density at radius 3 is 2.83 bits per heavy atom. The molecule has 0 radical (unpaired) electrons. The molecular weight excluding hydrogens is 154 g/mol. The standard InChI is InChI=1S/C9H19NO2/c1-9(2,11-3)6-8-7-10-4-5-12-8/h8,10H,4-7H2,1-3H3. The first-order valence-electron chi connectivity index (χ1n) is 4.51. The monoisotopic (exact) mass is 173 g/mol. The van der Waals surface area contributed by atoms with Crippen LogP contribution < -0.4 is 5.32 Å². The van der Waals surface area contributed by atoms with Gasteiger partial charge in [0, 0.05) is 26.6 Å². The first-order valence-corrected chi connectivity index (χ1v) is 4.51. The van der Waals surface area contributed by atoms with E-state index >= 15 is 0 Å². The summed E-state index contributed by atoms with van der Waals surface area (Å²) in [7, 11) is 1.75. The summed E-state index contributed by atoms with van der Waals surface area (Å²) in [5.41, 5.74) is -0.0658.